The Morgan fingerprint density at radius 2 is 1.95 bits per heavy atom. The van der Waals surface area contributed by atoms with E-state index in [0.717, 1.165) is 102 Å². The third-order valence-electron chi connectivity index (χ3n) is 7.76. The number of rotatable bonds is 9. The number of nitrogens with zero attached hydrogens (tertiary/aromatic N) is 4. The first-order chi connectivity index (χ1) is 18.9. The Kier molecular flexibility index (Phi) is 8.45. The molecule has 3 heterocycles. The molecule has 0 bridgehead atoms. The summed E-state index contributed by atoms with van der Waals surface area (Å²) in [5, 5.41) is 8.07. The Labute approximate surface area is 235 Å². The SMILES string of the molecule is CNC1=CC(CCc2nc3cc(-c4c(C)noc4C)ccc3n2C[C@H](C)N2CCOCC2)=CC(Cl)=C(OC)C1. The van der Waals surface area contributed by atoms with E-state index in [1.165, 1.54) is 0 Å². The molecule has 0 unspecified atom stereocenters. The Balaban J connectivity index is 1.49. The van der Waals surface area contributed by atoms with Gasteiger partial charge in [-0.25, -0.2) is 4.98 Å². The summed E-state index contributed by atoms with van der Waals surface area (Å²) in [6.45, 7) is 10.6. The fourth-order valence-electron chi connectivity index (χ4n) is 5.57. The van der Waals surface area contributed by atoms with E-state index in [9.17, 15) is 0 Å². The topological polar surface area (TPSA) is 77.6 Å². The monoisotopic (exact) mass is 551 g/mol. The molecule has 9 heteroatoms. The van der Waals surface area contributed by atoms with Gasteiger partial charge < -0.3 is 23.9 Å². The van der Waals surface area contributed by atoms with Crippen molar-refractivity contribution in [1.82, 2.24) is 24.9 Å². The van der Waals surface area contributed by atoms with Gasteiger partial charge in [0.25, 0.3) is 0 Å². The number of fused-ring (bicyclic) bond motifs is 1. The molecule has 2 aliphatic rings. The van der Waals surface area contributed by atoms with Crippen LogP contribution in [-0.4, -0.2) is 66.1 Å². The van der Waals surface area contributed by atoms with Gasteiger partial charge in [0.05, 0.1) is 42.1 Å². The van der Waals surface area contributed by atoms with Crippen LogP contribution in [0.2, 0.25) is 0 Å². The van der Waals surface area contributed by atoms with E-state index in [1.807, 2.05) is 27.0 Å². The maximum absolute atomic E-state index is 6.60. The van der Waals surface area contributed by atoms with E-state index in [1.54, 1.807) is 7.11 Å². The first-order valence-electron chi connectivity index (χ1n) is 13.6. The molecule has 208 valence electrons. The second-order valence-corrected chi connectivity index (χ2v) is 10.7. The molecule has 2 aromatic heterocycles. The second-order valence-electron chi connectivity index (χ2n) is 10.3. The number of nitrogens with one attached hydrogen (secondary N) is 1. The number of halogens is 1. The number of imidazole rings is 1. The van der Waals surface area contributed by atoms with Crippen LogP contribution in [0.4, 0.5) is 0 Å². The largest absolute Gasteiger partial charge is 0.499 e. The molecule has 0 radical (unpaired) electrons. The predicted molar refractivity (Wildman–Crippen MR) is 155 cm³/mol. The van der Waals surface area contributed by atoms with Crippen LogP contribution in [0.3, 0.4) is 0 Å². The highest BCUT2D eigenvalue weighted by atomic mass is 35.5. The van der Waals surface area contributed by atoms with Crippen LogP contribution in [0.1, 0.15) is 37.0 Å². The zero-order valence-electron chi connectivity index (χ0n) is 23.5. The number of hydrogen-bond acceptors (Lipinski definition) is 7. The van der Waals surface area contributed by atoms with Crippen molar-refractivity contribution in [3.63, 3.8) is 0 Å². The fourth-order valence-corrected chi connectivity index (χ4v) is 5.85. The van der Waals surface area contributed by atoms with E-state index in [-0.39, 0.29) is 0 Å². The highest BCUT2D eigenvalue weighted by molar-refractivity contribution is 6.31. The Morgan fingerprint density at radius 1 is 1.15 bits per heavy atom. The molecule has 1 aliphatic heterocycles. The van der Waals surface area contributed by atoms with Crippen molar-refractivity contribution in [2.24, 2.45) is 0 Å². The minimum Gasteiger partial charge on any atom is -0.499 e. The van der Waals surface area contributed by atoms with Gasteiger partial charge in [0.1, 0.15) is 17.3 Å². The molecule has 39 heavy (non-hydrogen) atoms. The van der Waals surface area contributed by atoms with Crippen molar-refractivity contribution < 1.29 is 14.0 Å². The van der Waals surface area contributed by atoms with Gasteiger partial charge in [-0.2, -0.15) is 0 Å². The molecule has 0 saturated carbocycles. The molecular formula is C30H38ClN5O3. The third-order valence-corrected chi connectivity index (χ3v) is 8.08. The van der Waals surface area contributed by atoms with E-state index in [4.69, 9.17) is 30.6 Å². The van der Waals surface area contributed by atoms with Gasteiger partial charge in [0.2, 0.25) is 0 Å². The summed E-state index contributed by atoms with van der Waals surface area (Å²) in [5.74, 6) is 2.66. The summed E-state index contributed by atoms with van der Waals surface area (Å²) >= 11 is 6.60. The first-order valence-corrected chi connectivity index (χ1v) is 14.0. The first kappa shape index (κ1) is 27.5. The molecular weight excluding hydrogens is 514 g/mol. The summed E-state index contributed by atoms with van der Waals surface area (Å²) in [7, 11) is 3.59. The van der Waals surface area contributed by atoms with Crippen LogP contribution in [0.5, 0.6) is 0 Å². The summed E-state index contributed by atoms with van der Waals surface area (Å²) in [6.07, 6.45) is 6.43. The molecule has 0 spiro atoms. The molecule has 1 saturated heterocycles. The second kappa shape index (κ2) is 12.0. The number of hydrogen-bond donors (Lipinski definition) is 1. The number of benzene rings is 1. The normalized spacial score (nSPS) is 17.7. The molecule has 1 aromatic carbocycles. The molecule has 1 fully saturated rings. The van der Waals surface area contributed by atoms with Gasteiger partial charge in [-0.05, 0) is 62.6 Å². The maximum atomic E-state index is 6.60. The number of ether oxygens (including phenoxy) is 2. The fraction of sp³-hybridized carbons (Fsp3) is 0.467. The summed E-state index contributed by atoms with van der Waals surface area (Å²) in [6, 6.07) is 6.87. The van der Waals surface area contributed by atoms with Crippen molar-refractivity contribution in [2.45, 2.75) is 52.6 Å². The van der Waals surface area contributed by atoms with Crippen molar-refractivity contribution in [2.75, 3.05) is 40.5 Å². The van der Waals surface area contributed by atoms with E-state index < -0.39 is 0 Å². The van der Waals surface area contributed by atoms with Gasteiger partial charge >= 0.3 is 0 Å². The Morgan fingerprint density at radius 3 is 2.64 bits per heavy atom. The maximum Gasteiger partial charge on any atom is 0.141 e. The smallest absolute Gasteiger partial charge is 0.141 e. The molecule has 0 amide bonds. The van der Waals surface area contributed by atoms with Gasteiger partial charge in [-0.3, -0.25) is 4.90 Å². The van der Waals surface area contributed by atoms with Crippen LogP contribution in [0, 0.1) is 13.8 Å². The zero-order chi connectivity index (χ0) is 27.5. The van der Waals surface area contributed by atoms with Gasteiger partial charge in [-0.15, -0.1) is 0 Å². The molecule has 1 N–H and O–H groups in total. The lowest BCUT2D eigenvalue weighted by Gasteiger charge is -2.32. The van der Waals surface area contributed by atoms with Gasteiger partial charge in [0.15, 0.2) is 0 Å². The summed E-state index contributed by atoms with van der Waals surface area (Å²) in [4.78, 5) is 7.68. The number of methoxy groups -OCH3 is 1. The van der Waals surface area contributed by atoms with E-state index in [0.29, 0.717) is 17.5 Å². The highest BCUT2D eigenvalue weighted by Gasteiger charge is 2.22. The Hall–Kier alpha value is -3.07. The quantitative estimate of drug-likeness (QED) is 0.376. The average Bonchev–Trinajstić information content (AvgIpc) is 3.41. The number of aromatic nitrogens is 3. The van der Waals surface area contributed by atoms with Crippen LogP contribution in [-0.2, 0) is 22.4 Å². The molecule has 1 atom stereocenters. The van der Waals surface area contributed by atoms with Crippen molar-refractivity contribution in [1.29, 1.82) is 0 Å². The number of aryl methyl sites for hydroxylation is 3. The van der Waals surface area contributed by atoms with Gasteiger partial charge in [-0.1, -0.05) is 22.8 Å². The highest BCUT2D eigenvalue weighted by Crippen LogP contribution is 2.31. The summed E-state index contributed by atoms with van der Waals surface area (Å²) in [5.41, 5.74) is 7.35. The predicted octanol–water partition coefficient (Wildman–Crippen LogP) is 5.49. The van der Waals surface area contributed by atoms with Crippen LogP contribution in [0.25, 0.3) is 22.2 Å². The minimum absolute atomic E-state index is 0.363. The van der Waals surface area contributed by atoms with Crippen molar-refractivity contribution >= 4 is 22.6 Å². The number of morpholine rings is 1. The minimum atomic E-state index is 0.363. The van der Waals surface area contributed by atoms with E-state index in [2.05, 4.69) is 51.1 Å². The number of allylic oxidation sites excluding steroid dienone is 4. The molecule has 5 rings (SSSR count). The third kappa shape index (κ3) is 5.93. The van der Waals surface area contributed by atoms with Crippen molar-refractivity contribution in [3.8, 4) is 11.1 Å². The lowest BCUT2D eigenvalue weighted by Crippen LogP contribution is -2.44. The Bertz CT molecular complexity index is 1410. The molecule has 8 nitrogen and oxygen atoms in total. The average molecular weight is 552 g/mol. The standard InChI is InChI=1S/C30H38ClN5O3/c1-19(35-10-12-38-13-11-35)18-36-27-8-7-23(30-20(2)34-39-21(30)3)16-26(27)33-29(36)9-6-22-14-24(32-4)17-28(37-5)25(31)15-22/h7-8,14-16,19,32H,6,9-13,17-18H2,1-5H3/t19-/m0/s1. The van der Waals surface area contributed by atoms with Crippen LogP contribution in [0.15, 0.2) is 56.9 Å². The van der Waals surface area contributed by atoms with Gasteiger partial charge in [0, 0.05) is 56.8 Å². The van der Waals surface area contributed by atoms with E-state index >= 15 is 0 Å². The zero-order valence-corrected chi connectivity index (χ0v) is 24.3. The molecule has 3 aromatic rings. The van der Waals surface area contributed by atoms with Crippen LogP contribution < -0.4 is 5.32 Å². The summed E-state index contributed by atoms with van der Waals surface area (Å²) < 4.78 is 18.9. The van der Waals surface area contributed by atoms with Crippen molar-refractivity contribution in [3.05, 3.63) is 69.7 Å². The molecule has 1 aliphatic carbocycles. The lowest BCUT2D eigenvalue weighted by molar-refractivity contribution is 0.0170. The lowest BCUT2D eigenvalue weighted by atomic mass is 10.0. The van der Waals surface area contributed by atoms with Crippen LogP contribution >= 0.6 is 11.6 Å².